The summed E-state index contributed by atoms with van der Waals surface area (Å²) in [6, 6.07) is 9.45. The fourth-order valence-corrected chi connectivity index (χ4v) is 2.99. The number of thiazole rings is 1. The average Bonchev–Trinajstić information content (AvgIpc) is 3.25. The number of aliphatic hydroxyl groups is 1. The van der Waals surface area contributed by atoms with Gasteiger partial charge in [-0.05, 0) is 37.3 Å². The van der Waals surface area contributed by atoms with Gasteiger partial charge in [-0.25, -0.2) is 4.98 Å². The molecule has 0 saturated heterocycles. The third-order valence-corrected chi connectivity index (χ3v) is 4.19. The van der Waals surface area contributed by atoms with Crippen LogP contribution in [-0.4, -0.2) is 16.7 Å². The van der Waals surface area contributed by atoms with E-state index in [4.69, 9.17) is 9.15 Å². The maximum absolute atomic E-state index is 9.43. The number of nitrogens with one attached hydrogen (secondary N) is 1. The van der Waals surface area contributed by atoms with Gasteiger partial charge in [-0.1, -0.05) is 0 Å². The first kappa shape index (κ1) is 15.6. The maximum Gasteiger partial charge on any atom is 0.162 e. The van der Waals surface area contributed by atoms with E-state index in [1.807, 2.05) is 42.6 Å². The van der Waals surface area contributed by atoms with E-state index in [1.54, 1.807) is 17.6 Å². The molecule has 0 aliphatic carbocycles. The highest BCUT2D eigenvalue weighted by Gasteiger charge is 2.08. The summed E-state index contributed by atoms with van der Waals surface area (Å²) in [5, 5.41) is 15.6. The predicted molar refractivity (Wildman–Crippen MR) is 90.7 cm³/mol. The van der Waals surface area contributed by atoms with E-state index >= 15 is 0 Å². The number of aromatic nitrogens is 1. The second kappa shape index (κ2) is 7.30. The Morgan fingerprint density at radius 2 is 2.26 bits per heavy atom. The molecule has 120 valence electrons. The predicted octanol–water partition coefficient (Wildman–Crippen LogP) is 3.91. The second-order valence-electron chi connectivity index (χ2n) is 4.89. The van der Waals surface area contributed by atoms with Crippen molar-refractivity contribution in [2.24, 2.45) is 0 Å². The molecule has 6 heteroatoms. The van der Waals surface area contributed by atoms with Crippen molar-refractivity contribution < 1.29 is 14.3 Å². The van der Waals surface area contributed by atoms with Crippen molar-refractivity contribution in [3.8, 4) is 16.5 Å². The number of rotatable bonds is 7. The number of hydrogen-bond acceptors (Lipinski definition) is 6. The van der Waals surface area contributed by atoms with Gasteiger partial charge in [0.25, 0.3) is 0 Å². The molecule has 0 unspecified atom stereocenters. The van der Waals surface area contributed by atoms with Gasteiger partial charge in [0.15, 0.2) is 10.8 Å². The fourth-order valence-electron chi connectivity index (χ4n) is 2.20. The Bertz CT molecular complexity index is 753. The van der Waals surface area contributed by atoms with Gasteiger partial charge in [0, 0.05) is 16.6 Å². The molecule has 0 atom stereocenters. The standard InChI is InChI=1S/C17H18N2O3S/c1-2-21-15-6-5-13(8-12(15)10-20)18-9-14-11-23-17(19-14)16-4-3-7-22-16/h3-8,11,18,20H,2,9-10H2,1H3. The van der Waals surface area contributed by atoms with Crippen LogP contribution in [0.4, 0.5) is 5.69 Å². The Morgan fingerprint density at radius 3 is 3.00 bits per heavy atom. The largest absolute Gasteiger partial charge is 0.494 e. The molecular weight excluding hydrogens is 312 g/mol. The van der Waals surface area contributed by atoms with E-state index < -0.39 is 0 Å². The zero-order valence-electron chi connectivity index (χ0n) is 12.8. The highest BCUT2D eigenvalue weighted by Crippen LogP contribution is 2.26. The number of ether oxygens (including phenoxy) is 1. The number of benzene rings is 1. The Hall–Kier alpha value is -2.31. The van der Waals surface area contributed by atoms with Crippen molar-refractivity contribution in [3.63, 3.8) is 0 Å². The van der Waals surface area contributed by atoms with Gasteiger partial charge in [0.2, 0.25) is 0 Å². The van der Waals surface area contributed by atoms with Gasteiger partial charge < -0.3 is 19.6 Å². The second-order valence-corrected chi connectivity index (χ2v) is 5.75. The van der Waals surface area contributed by atoms with Gasteiger partial charge in [0.1, 0.15) is 5.75 Å². The SMILES string of the molecule is CCOc1ccc(NCc2csc(-c3ccco3)n2)cc1CO. The highest BCUT2D eigenvalue weighted by molar-refractivity contribution is 7.13. The van der Waals surface area contributed by atoms with Crippen LogP contribution in [0.5, 0.6) is 5.75 Å². The van der Waals surface area contributed by atoms with Crippen LogP contribution in [0, 0.1) is 0 Å². The molecule has 0 bridgehead atoms. The minimum Gasteiger partial charge on any atom is -0.494 e. The van der Waals surface area contributed by atoms with Crippen LogP contribution in [0.1, 0.15) is 18.2 Å². The lowest BCUT2D eigenvalue weighted by atomic mass is 10.2. The van der Waals surface area contributed by atoms with Gasteiger partial charge in [-0.15, -0.1) is 11.3 Å². The summed E-state index contributed by atoms with van der Waals surface area (Å²) < 4.78 is 10.8. The van der Waals surface area contributed by atoms with Crippen molar-refractivity contribution in [2.75, 3.05) is 11.9 Å². The molecule has 3 aromatic rings. The molecule has 0 fully saturated rings. The Labute approximate surface area is 138 Å². The van der Waals surface area contributed by atoms with Gasteiger partial charge in [0.05, 0.1) is 31.7 Å². The summed E-state index contributed by atoms with van der Waals surface area (Å²) in [7, 11) is 0. The van der Waals surface area contributed by atoms with E-state index in [2.05, 4.69) is 10.3 Å². The number of hydrogen-bond donors (Lipinski definition) is 2. The molecule has 2 heterocycles. The van der Waals surface area contributed by atoms with Crippen molar-refractivity contribution in [1.29, 1.82) is 0 Å². The molecule has 1 aromatic carbocycles. The first-order valence-corrected chi connectivity index (χ1v) is 8.27. The van der Waals surface area contributed by atoms with Crippen molar-refractivity contribution in [3.05, 3.63) is 53.2 Å². The summed E-state index contributed by atoms with van der Waals surface area (Å²) in [5.74, 6) is 1.50. The molecular formula is C17H18N2O3S. The lowest BCUT2D eigenvalue weighted by Gasteiger charge is -2.11. The minimum absolute atomic E-state index is 0.0514. The maximum atomic E-state index is 9.43. The Morgan fingerprint density at radius 1 is 1.35 bits per heavy atom. The van der Waals surface area contributed by atoms with Gasteiger partial charge in [-0.3, -0.25) is 0 Å². The summed E-state index contributed by atoms with van der Waals surface area (Å²) in [6.07, 6.45) is 1.64. The van der Waals surface area contributed by atoms with E-state index in [0.717, 1.165) is 27.7 Å². The lowest BCUT2D eigenvalue weighted by Crippen LogP contribution is -2.02. The van der Waals surface area contributed by atoms with Crippen LogP contribution in [0.2, 0.25) is 0 Å². The molecule has 3 rings (SSSR count). The molecule has 23 heavy (non-hydrogen) atoms. The van der Waals surface area contributed by atoms with Crippen LogP contribution in [0.15, 0.2) is 46.4 Å². The average molecular weight is 330 g/mol. The highest BCUT2D eigenvalue weighted by atomic mass is 32.1. The quantitative estimate of drug-likeness (QED) is 0.687. The van der Waals surface area contributed by atoms with Gasteiger partial charge >= 0.3 is 0 Å². The van der Waals surface area contributed by atoms with Crippen molar-refractivity contribution >= 4 is 17.0 Å². The summed E-state index contributed by atoms with van der Waals surface area (Å²) in [5.41, 5.74) is 2.64. The van der Waals surface area contributed by atoms with E-state index in [1.165, 1.54) is 0 Å². The first-order chi connectivity index (χ1) is 11.3. The monoisotopic (exact) mass is 330 g/mol. The lowest BCUT2D eigenvalue weighted by molar-refractivity contribution is 0.267. The molecule has 0 radical (unpaired) electrons. The summed E-state index contributed by atoms with van der Waals surface area (Å²) in [6.45, 7) is 3.06. The Balaban J connectivity index is 1.66. The molecule has 2 aromatic heterocycles. The molecule has 0 spiro atoms. The third-order valence-electron chi connectivity index (χ3n) is 3.29. The van der Waals surface area contributed by atoms with Crippen molar-refractivity contribution in [2.45, 2.75) is 20.1 Å². The van der Waals surface area contributed by atoms with Crippen LogP contribution in [-0.2, 0) is 13.2 Å². The topological polar surface area (TPSA) is 67.5 Å². The number of nitrogens with zero attached hydrogens (tertiary/aromatic N) is 1. The minimum atomic E-state index is -0.0514. The fraction of sp³-hybridized carbons (Fsp3) is 0.235. The summed E-state index contributed by atoms with van der Waals surface area (Å²) >= 11 is 1.55. The van der Waals surface area contributed by atoms with Crippen LogP contribution >= 0.6 is 11.3 Å². The van der Waals surface area contributed by atoms with Gasteiger partial charge in [-0.2, -0.15) is 0 Å². The molecule has 0 aliphatic rings. The zero-order chi connectivity index (χ0) is 16.1. The van der Waals surface area contributed by atoms with E-state index in [0.29, 0.717) is 18.9 Å². The van der Waals surface area contributed by atoms with Crippen LogP contribution in [0.3, 0.4) is 0 Å². The number of furan rings is 1. The van der Waals surface area contributed by atoms with Crippen molar-refractivity contribution in [1.82, 2.24) is 4.98 Å². The number of anilines is 1. The summed E-state index contributed by atoms with van der Waals surface area (Å²) in [4.78, 5) is 4.55. The van der Waals surface area contributed by atoms with E-state index in [-0.39, 0.29) is 6.61 Å². The molecule has 0 aliphatic heterocycles. The Kier molecular flexibility index (Phi) is 4.95. The third kappa shape index (κ3) is 3.72. The molecule has 2 N–H and O–H groups in total. The van der Waals surface area contributed by atoms with Crippen LogP contribution in [0.25, 0.3) is 10.8 Å². The molecule has 5 nitrogen and oxygen atoms in total. The zero-order valence-corrected chi connectivity index (χ0v) is 13.6. The number of aliphatic hydroxyl groups excluding tert-OH is 1. The van der Waals surface area contributed by atoms with Crippen LogP contribution < -0.4 is 10.1 Å². The molecule has 0 amide bonds. The first-order valence-electron chi connectivity index (χ1n) is 7.39. The molecule has 0 saturated carbocycles. The smallest absolute Gasteiger partial charge is 0.162 e. The normalized spacial score (nSPS) is 10.7. The van der Waals surface area contributed by atoms with E-state index in [9.17, 15) is 5.11 Å².